The number of halogens is 2. The van der Waals surface area contributed by atoms with Crippen LogP contribution in [0.15, 0.2) is 72.9 Å². The van der Waals surface area contributed by atoms with Gasteiger partial charge < -0.3 is 15.0 Å². The van der Waals surface area contributed by atoms with Crippen LogP contribution in [0.25, 0.3) is 22.6 Å². The minimum absolute atomic E-state index is 0.234. The molecule has 1 heterocycles. The molecule has 0 radical (unpaired) electrons. The molecule has 0 aliphatic carbocycles. The van der Waals surface area contributed by atoms with Crippen LogP contribution >= 0.6 is 23.2 Å². The fourth-order valence-electron chi connectivity index (χ4n) is 3.16. The van der Waals surface area contributed by atoms with Crippen LogP contribution in [0.1, 0.15) is 15.9 Å². The second kappa shape index (κ2) is 9.25. The number of aromatic nitrogens is 2. The molecule has 156 valence electrons. The Balaban J connectivity index is 1.42. The van der Waals surface area contributed by atoms with E-state index in [4.69, 9.17) is 27.9 Å². The molecule has 31 heavy (non-hydrogen) atoms. The fourth-order valence-corrected chi connectivity index (χ4v) is 3.68. The monoisotopic (exact) mass is 451 g/mol. The molecule has 4 aromatic rings. The van der Waals surface area contributed by atoms with Crippen molar-refractivity contribution >= 4 is 29.1 Å². The highest BCUT2D eigenvalue weighted by molar-refractivity contribution is 6.35. The number of aromatic amines is 1. The van der Waals surface area contributed by atoms with Crippen LogP contribution in [-0.4, -0.2) is 23.0 Å². The first-order valence-electron chi connectivity index (χ1n) is 9.55. The van der Waals surface area contributed by atoms with Crippen molar-refractivity contribution in [3.05, 3.63) is 94.1 Å². The summed E-state index contributed by atoms with van der Waals surface area (Å²) in [4.78, 5) is 20.2. The lowest BCUT2D eigenvalue weighted by Gasteiger charge is -2.07. The van der Waals surface area contributed by atoms with Gasteiger partial charge in [0, 0.05) is 33.3 Å². The Morgan fingerprint density at radius 2 is 1.74 bits per heavy atom. The summed E-state index contributed by atoms with van der Waals surface area (Å²) < 4.78 is 5.28. The predicted molar refractivity (Wildman–Crippen MR) is 124 cm³/mol. The number of ether oxygens (including phenoxy) is 1. The van der Waals surface area contributed by atoms with Crippen LogP contribution < -0.4 is 10.1 Å². The molecule has 7 heteroatoms. The third-order valence-corrected chi connectivity index (χ3v) is 5.20. The van der Waals surface area contributed by atoms with Crippen molar-refractivity contribution in [2.75, 3.05) is 7.11 Å². The predicted octanol–water partition coefficient (Wildman–Crippen LogP) is 5.99. The van der Waals surface area contributed by atoms with Gasteiger partial charge in [-0.05, 0) is 35.9 Å². The summed E-state index contributed by atoms with van der Waals surface area (Å²) in [6.45, 7) is 0.385. The van der Waals surface area contributed by atoms with E-state index in [2.05, 4.69) is 15.3 Å². The quantitative estimate of drug-likeness (QED) is 0.378. The molecule has 1 aromatic heterocycles. The van der Waals surface area contributed by atoms with E-state index in [1.807, 2.05) is 48.5 Å². The van der Waals surface area contributed by atoms with E-state index in [-0.39, 0.29) is 5.91 Å². The molecule has 5 nitrogen and oxygen atoms in total. The fraction of sp³-hybridized carbons (Fsp3) is 0.0833. The number of amides is 1. The van der Waals surface area contributed by atoms with Gasteiger partial charge in [0.05, 0.1) is 19.0 Å². The molecule has 0 aliphatic heterocycles. The number of hydrogen-bond acceptors (Lipinski definition) is 3. The maximum absolute atomic E-state index is 12.3. The van der Waals surface area contributed by atoms with Gasteiger partial charge in [0.15, 0.2) is 0 Å². The van der Waals surface area contributed by atoms with Gasteiger partial charge in [-0.25, -0.2) is 4.98 Å². The number of nitrogens with zero attached hydrogens (tertiary/aromatic N) is 1. The number of carbonyl (C=O) groups excluding carboxylic acids is 1. The Morgan fingerprint density at radius 1 is 1.00 bits per heavy atom. The molecule has 0 fully saturated rings. The molecule has 0 aliphatic rings. The normalized spacial score (nSPS) is 10.7. The summed E-state index contributed by atoms with van der Waals surface area (Å²) in [6, 6.07) is 20.4. The number of rotatable bonds is 6. The molecule has 2 N–H and O–H groups in total. The van der Waals surface area contributed by atoms with Crippen molar-refractivity contribution in [1.29, 1.82) is 0 Å². The summed E-state index contributed by atoms with van der Waals surface area (Å²) in [5.41, 5.74) is 4.24. The standard InChI is InChI=1S/C24H19Cl2N3O2/c1-31-21-4-2-3-17(11-21)22-14-27-23(29-22)16-7-5-15(6-8-16)13-28-24(30)18-9-19(25)12-20(26)10-18/h2-12,14H,13H2,1H3,(H,27,29)(H,28,30). The largest absolute Gasteiger partial charge is 0.497 e. The molecule has 0 bridgehead atoms. The van der Waals surface area contributed by atoms with Gasteiger partial charge in [-0.2, -0.15) is 0 Å². The lowest BCUT2D eigenvalue weighted by atomic mass is 10.1. The molecule has 0 saturated heterocycles. The van der Waals surface area contributed by atoms with E-state index < -0.39 is 0 Å². The van der Waals surface area contributed by atoms with E-state index in [0.29, 0.717) is 22.2 Å². The number of H-pyrrole nitrogens is 1. The molecule has 4 rings (SSSR count). The second-order valence-corrected chi connectivity index (χ2v) is 7.79. The van der Waals surface area contributed by atoms with E-state index in [0.717, 1.165) is 34.0 Å². The highest BCUT2D eigenvalue weighted by Gasteiger charge is 2.09. The molecule has 0 spiro atoms. The van der Waals surface area contributed by atoms with Gasteiger partial charge in [-0.3, -0.25) is 4.79 Å². The van der Waals surface area contributed by atoms with Gasteiger partial charge in [0.25, 0.3) is 5.91 Å². The number of imidazole rings is 1. The summed E-state index contributed by atoms with van der Waals surface area (Å²) in [7, 11) is 1.64. The number of benzene rings is 3. The van der Waals surface area contributed by atoms with E-state index in [9.17, 15) is 4.79 Å². The number of nitrogens with one attached hydrogen (secondary N) is 2. The van der Waals surface area contributed by atoms with Crippen LogP contribution in [-0.2, 0) is 6.54 Å². The van der Waals surface area contributed by atoms with Crippen molar-refractivity contribution in [2.45, 2.75) is 6.54 Å². The van der Waals surface area contributed by atoms with Crippen LogP contribution in [0.5, 0.6) is 5.75 Å². The van der Waals surface area contributed by atoms with E-state index >= 15 is 0 Å². The molecular formula is C24H19Cl2N3O2. The minimum Gasteiger partial charge on any atom is -0.497 e. The maximum atomic E-state index is 12.3. The van der Waals surface area contributed by atoms with Crippen LogP contribution in [0.2, 0.25) is 10.0 Å². The zero-order valence-corrected chi connectivity index (χ0v) is 18.2. The number of hydrogen-bond donors (Lipinski definition) is 2. The van der Waals surface area contributed by atoms with Crippen molar-refractivity contribution in [3.63, 3.8) is 0 Å². The summed E-state index contributed by atoms with van der Waals surface area (Å²) >= 11 is 11.9. The zero-order valence-electron chi connectivity index (χ0n) is 16.7. The van der Waals surface area contributed by atoms with E-state index in [1.165, 1.54) is 0 Å². The highest BCUT2D eigenvalue weighted by Crippen LogP contribution is 2.25. The Hall–Kier alpha value is -3.28. The number of carbonyl (C=O) groups is 1. The zero-order chi connectivity index (χ0) is 21.8. The molecule has 0 unspecified atom stereocenters. The van der Waals surface area contributed by atoms with Crippen molar-refractivity contribution in [2.24, 2.45) is 0 Å². The Kier molecular flexibility index (Phi) is 6.26. The molecule has 0 saturated carbocycles. The Labute approximate surface area is 190 Å². The molecular weight excluding hydrogens is 433 g/mol. The minimum atomic E-state index is -0.234. The summed E-state index contributed by atoms with van der Waals surface area (Å²) in [6.07, 6.45) is 1.80. The third-order valence-electron chi connectivity index (χ3n) is 4.76. The van der Waals surface area contributed by atoms with Crippen molar-refractivity contribution in [3.8, 4) is 28.4 Å². The average Bonchev–Trinajstić information content (AvgIpc) is 3.27. The summed E-state index contributed by atoms with van der Waals surface area (Å²) in [5.74, 6) is 1.32. The Bertz CT molecular complexity index is 1200. The SMILES string of the molecule is COc1cccc(-c2cnc(-c3ccc(CNC(=O)c4cc(Cl)cc(Cl)c4)cc3)[nH]2)c1. The Morgan fingerprint density at radius 3 is 2.45 bits per heavy atom. The molecule has 3 aromatic carbocycles. The first kappa shape index (κ1) is 21.0. The first-order chi connectivity index (χ1) is 15.0. The van der Waals surface area contributed by atoms with Crippen LogP contribution in [0, 0.1) is 0 Å². The van der Waals surface area contributed by atoms with Crippen molar-refractivity contribution < 1.29 is 9.53 Å². The molecule has 1 amide bonds. The third kappa shape index (κ3) is 5.08. The van der Waals surface area contributed by atoms with Gasteiger partial charge in [0.2, 0.25) is 0 Å². The van der Waals surface area contributed by atoms with Gasteiger partial charge >= 0.3 is 0 Å². The van der Waals surface area contributed by atoms with E-state index in [1.54, 1.807) is 31.5 Å². The van der Waals surface area contributed by atoms with Crippen molar-refractivity contribution in [1.82, 2.24) is 15.3 Å². The highest BCUT2D eigenvalue weighted by atomic mass is 35.5. The maximum Gasteiger partial charge on any atom is 0.251 e. The smallest absolute Gasteiger partial charge is 0.251 e. The van der Waals surface area contributed by atoms with Crippen LogP contribution in [0.4, 0.5) is 0 Å². The molecule has 0 atom stereocenters. The first-order valence-corrected chi connectivity index (χ1v) is 10.3. The lowest BCUT2D eigenvalue weighted by molar-refractivity contribution is 0.0951. The lowest BCUT2D eigenvalue weighted by Crippen LogP contribution is -2.22. The van der Waals surface area contributed by atoms with Gasteiger partial charge in [-0.15, -0.1) is 0 Å². The van der Waals surface area contributed by atoms with Gasteiger partial charge in [-0.1, -0.05) is 59.6 Å². The second-order valence-electron chi connectivity index (χ2n) is 6.92. The summed E-state index contributed by atoms with van der Waals surface area (Å²) in [5, 5.41) is 3.72. The average molecular weight is 452 g/mol. The van der Waals surface area contributed by atoms with Gasteiger partial charge in [0.1, 0.15) is 11.6 Å². The van der Waals surface area contributed by atoms with Crippen LogP contribution in [0.3, 0.4) is 0 Å². The number of methoxy groups -OCH3 is 1. The topological polar surface area (TPSA) is 67.0 Å².